The average molecular weight is 391 g/mol. The van der Waals surface area contributed by atoms with E-state index in [9.17, 15) is 4.79 Å². The van der Waals surface area contributed by atoms with Gasteiger partial charge in [-0.15, -0.1) is 0 Å². The largest absolute Gasteiger partial charge is 0.453 e. The molecule has 0 aromatic heterocycles. The van der Waals surface area contributed by atoms with E-state index in [-0.39, 0.29) is 6.04 Å². The van der Waals surface area contributed by atoms with E-state index in [0.717, 1.165) is 14.5 Å². The Morgan fingerprint density at radius 1 is 1.42 bits per heavy atom. The van der Waals surface area contributed by atoms with E-state index in [1.807, 2.05) is 30.1 Å². The van der Waals surface area contributed by atoms with Gasteiger partial charge in [-0.25, -0.2) is 4.79 Å². The van der Waals surface area contributed by atoms with Crippen LogP contribution in [0.4, 0.5) is 4.79 Å². The van der Waals surface area contributed by atoms with Gasteiger partial charge in [-0.2, -0.15) is 0 Å². The zero-order valence-electron chi connectivity index (χ0n) is 10.5. The van der Waals surface area contributed by atoms with Crippen LogP contribution in [0.3, 0.4) is 0 Å². The Balaban J connectivity index is 2.15. The van der Waals surface area contributed by atoms with E-state index < -0.39 is 6.09 Å². The molecule has 5 nitrogen and oxygen atoms in total. The number of carbonyl (C=O) groups excluding carboxylic acids is 1. The van der Waals surface area contributed by atoms with Crippen LogP contribution < -0.4 is 5.32 Å². The molecule has 1 atom stereocenters. The van der Waals surface area contributed by atoms with Gasteiger partial charge in [0.25, 0.3) is 0 Å². The molecule has 0 spiro atoms. The molecule has 19 heavy (non-hydrogen) atoms. The number of hydrogen-bond acceptors (Lipinski definition) is 4. The fraction of sp³-hybridized carbons (Fsp3) is 0.333. The summed E-state index contributed by atoms with van der Waals surface area (Å²) in [4.78, 5) is 17.5. The van der Waals surface area contributed by atoms with Crippen molar-refractivity contribution in [3.8, 4) is 0 Å². The van der Waals surface area contributed by atoms with Crippen LogP contribution in [0.5, 0.6) is 0 Å². The van der Waals surface area contributed by atoms with Crippen LogP contribution in [0.15, 0.2) is 32.1 Å². The molecule has 0 fully saturated rings. The minimum Gasteiger partial charge on any atom is -0.453 e. The molecule has 102 valence electrons. The van der Waals surface area contributed by atoms with Crippen LogP contribution in [0, 0.1) is 0 Å². The highest BCUT2D eigenvalue weighted by Crippen LogP contribution is 2.29. The van der Waals surface area contributed by atoms with Crippen molar-refractivity contribution in [3.05, 3.63) is 32.7 Å². The molecule has 0 saturated heterocycles. The van der Waals surface area contributed by atoms with Crippen molar-refractivity contribution >= 4 is 43.9 Å². The Hall–Kier alpha value is -1.08. The average Bonchev–Trinajstić information content (AvgIpc) is 2.69. The highest BCUT2D eigenvalue weighted by Gasteiger charge is 2.27. The minimum absolute atomic E-state index is 0.0981. The monoisotopic (exact) mass is 389 g/mol. The van der Waals surface area contributed by atoms with Crippen LogP contribution in [0.2, 0.25) is 0 Å². The van der Waals surface area contributed by atoms with Gasteiger partial charge in [0.2, 0.25) is 5.96 Å². The third-order valence-electron chi connectivity index (χ3n) is 2.88. The molecule has 1 aliphatic heterocycles. The lowest BCUT2D eigenvalue weighted by Crippen LogP contribution is -2.40. The van der Waals surface area contributed by atoms with E-state index in [1.54, 1.807) is 0 Å². The quantitative estimate of drug-likeness (QED) is 0.802. The topological polar surface area (TPSA) is 53.9 Å². The maximum Gasteiger partial charge on any atom is 0.413 e. The summed E-state index contributed by atoms with van der Waals surface area (Å²) in [5.74, 6) is 0.521. The number of nitrogens with one attached hydrogen (secondary N) is 1. The number of benzene rings is 1. The second kappa shape index (κ2) is 5.92. The third kappa shape index (κ3) is 3.27. The number of aliphatic imine (C=N–C) groups is 1. The van der Waals surface area contributed by atoms with Crippen molar-refractivity contribution < 1.29 is 9.53 Å². The third-order valence-corrected chi connectivity index (χ3v) is 3.80. The van der Waals surface area contributed by atoms with Crippen LogP contribution in [0.1, 0.15) is 11.6 Å². The number of guanidine groups is 1. The lowest BCUT2D eigenvalue weighted by Gasteiger charge is -2.23. The van der Waals surface area contributed by atoms with Crippen LogP contribution in [-0.2, 0) is 4.74 Å². The summed E-state index contributed by atoms with van der Waals surface area (Å²) >= 11 is 6.94. The smallest absolute Gasteiger partial charge is 0.413 e. The summed E-state index contributed by atoms with van der Waals surface area (Å²) in [6.07, 6.45) is -0.512. The van der Waals surface area contributed by atoms with Gasteiger partial charge in [-0.05, 0) is 23.8 Å². The molecule has 1 aromatic rings. The summed E-state index contributed by atoms with van der Waals surface area (Å²) in [6.45, 7) is 0.596. The first-order chi connectivity index (χ1) is 9.01. The maximum atomic E-state index is 11.2. The van der Waals surface area contributed by atoms with Gasteiger partial charge in [0, 0.05) is 16.0 Å². The predicted molar refractivity (Wildman–Crippen MR) is 80.2 cm³/mol. The lowest BCUT2D eigenvalue weighted by molar-refractivity contribution is 0.175. The maximum absolute atomic E-state index is 11.2. The molecule has 0 saturated carbocycles. The van der Waals surface area contributed by atoms with E-state index in [1.165, 1.54) is 7.11 Å². The van der Waals surface area contributed by atoms with Gasteiger partial charge in [0.15, 0.2) is 0 Å². The lowest BCUT2D eigenvalue weighted by atomic mass is 10.1. The normalized spacial score (nSPS) is 18.2. The first-order valence-electron chi connectivity index (χ1n) is 5.59. The van der Waals surface area contributed by atoms with E-state index in [2.05, 4.69) is 46.9 Å². The highest BCUT2D eigenvalue weighted by atomic mass is 79.9. The molecule has 0 aliphatic carbocycles. The number of methoxy groups -OCH3 is 1. The molecule has 1 heterocycles. The molecule has 1 amide bonds. The van der Waals surface area contributed by atoms with Gasteiger partial charge in [0.1, 0.15) is 0 Å². The number of carbonyl (C=O) groups is 1. The molecular formula is C12H13Br2N3O2. The molecule has 2 rings (SSSR count). The Bertz CT molecular complexity index is 513. The first kappa shape index (κ1) is 14.3. The number of rotatable bonds is 1. The summed E-state index contributed by atoms with van der Waals surface area (Å²) in [5, 5.41) is 2.60. The van der Waals surface area contributed by atoms with Gasteiger partial charge in [0.05, 0.1) is 19.7 Å². The summed E-state index contributed by atoms with van der Waals surface area (Å²) in [7, 11) is 3.22. The molecule has 1 aromatic carbocycles. The number of nitrogens with zero attached hydrogens (tertiary/aromatic N) is 2. The summed E-state index contributed by atoms with van der Waals surface area (Å²) in [6, 6.07) is 6.17. The molecular weight excluding hydrogens is 378 g/mol. The molecule has 1 aliphatic rings. The number of alkyl carbamates (subject to hydrolysis) is 1. The van der Waals surface area contributed by atoms with E-state index in [4.69, 9.17) is 0 Å². The summed E-state index contributed by atoms with van der Waals surface area (Å²) < 4.78 is 6.57. The van der Waals surface area contributed by atoms with Crippen LogP contribution in [-0.4, -0.2) is 37.7 Å². The summed E-state index contributed by atoms with van der Waals surface area (Å²) in [5.41, 5.74) is 1.12. The number of halogens is 2. The Morgan fingerprint density at radius 2 is 2.05 bits per heavy atom. The van der Waals surface area contributed by atoms with Crippen LogP contribution >= 0.6 is 31.9 Å². The second-order valence-electron chi connectivity index (χ2n) is 4.11. The van der Waals surface area contributed by atoms with Crippen molar-refractivity contribution in [2.75, 3.05) is 20.7 Å². The number of likely N-dealkylation sites (N-methyl/N-ethyl adjacent to an activating group) is 1. The Labute approximate surface area is 128 Å². The van der Waals surface area contributed by atoms with Gasteiger partial charge in [-0.1, -0.05) is 31.9 Å². The van der Waals surface area contributed by atoms with E-state index in [0.29, 0.717) is 12.5 Å². The second-order valence-corrected chi connectivity index (χ2v) is 5.94. The predicted octanol–water partition coefficient (Wildman–Crippen LogP) is 2.91. The van der Waals surface area contributed by atoms with Crippen molar-refractivity contribution in [2.45, 2.75) is 6.04 Å². The fourth-order valence-electron chi connectivity index (χ4n) is 1.92. The highest BCUT2D eigenvalue weighted by molar-refractivity contribution is 9.11. The molecule has 0 radical (unpaired) electrons. The number of ether oxygens (including phenoxy) is 1. The molecule has 7 heteroatoms. The van der Waals surface area contributed by atoms with Crippen molar-refractivity contribution in [2.24, 2.45) is 4.99 Å². The number of amides is 1. The first-order valence-corrected chi connectivity index (χ1v) is 7.18. The SMILES string of the molecule is COC(=O)NC1=NCC(c2cc(Br)cc(Br)c2)N1C. The van der Waals surface area contributed by atoms with Gasteiger partial charge < -0.3 is 9.64 Å². The van der Waals surface area contributed by atoms with E-state index >= 15 is 0 Å². The van der Waals surface area contributed by atoms with Crippen LogP contribution in [0.25, 0.3) is 0 Å². The fourth-order valence-corrected chi connectivity index (χ4v) is 3.25. The van der Waals surface area contributed by atoms with Gasteiger partial charge in [-0.3, -0.25) is 10.3 Å². The standard InChI is InChI=1S/C12H13Br2N3O2/c1-17-10(6-15-11(17)16-12(18)19-2)7-3-8(13)5-9(14)4-7/h3-5,10H,6H2,1-2H3,(H,15,16,18). The number of hydrogen-bond donors (Lipinski definition) is 1. The molecule has 0 bridgehead atoms. The van der Waals surface area contributed by atoms with Crippen molar-refractivity contribution in [1.29, 1.82) is 0 Å². The van der Waals surface area contributed by atoms with Crippen molar-refractivity contribution in [3.63, 3.8) is 0 Å². The molecule has 1 N–H and O–H groups in total. The zero-order valence-corrected chi connectivity index (χ0v) is 13.7. The molecule has 1 unspecified atom stereocenters. The minimum atomic E-state index is -0.512. The Morgan fingerprint density at radius 3 is 2.63 bits per heavy atom. The zero-order chi connectivity index (χ0) is 14.0. The Kier molecular flexibility index (Phi) is 4.46. The van der Waals surface area contributed by atoms with Crippen molar-refractivity contribution in [1.82, 2.24) is 10.2 Å². The van der Waals surface area contributed by atoms with Gasteiger partial charge >= 0.3 is 6.09 Å².